The van der Waals surface area contributed by atoms with Gasteiger partial charge in [-0.15, -0.1) is 0 Å². The van der Waals surface area contributed by atoms with Gasteiger partial charge in [0.15, 0.2) is 0 Å². The molecule has 0 saturated heterocycles. The van der Waals surface area contributed by atoms with Gasteiger partial charge in [0.25, 0.3) is 0 Å². The van der Waals surface area contributed by atoms with Crippen molar-refractivity contribution in [2.75, 3.05) is 26.8 Å². The molecule has 2 unspecified atom stereocenters. The number of methoxy groups -OCH3 is 1. The highest BCUT2D eigenvalue weighted by molar-refractivity contribution is 5.21. The molecule has 2 heteroatoms. The molecule has 0 aliphatic rings. The van der Waals surface area contributed by atoms with E-state index < -0.39 is 0 Å². The highest BCUT2D eigenvalue weighted by Gasteiger charge is 2.17. The summed E-state index contributed by atoms with van der Waals surface area (Å²) in [4.78, 5) is 0. The molecule has 0 aromatic heterocycles. The lowest BCUT2D eigenvalue weighted by Crippen LogP contribution is -2.29. The zero-order chi connectivity index (χ0) is 14.1. The molecule has 2 nitrogen and oxygen atoms in total. The van der Waals surface area contributed by atoms with Crippen molar-refractivity contribution < 1.29 is 4.74 Å². The van der Waals surface area contributed by atoms with E-state index in [1.54, 1.807) is 7.11 Å². The molecule has 0 radical (unpaired) electrons. The normalized spacial score (nSPS) is 14.3. The summed E-state index contributed by atoms with van der Waals surface area (Å²) < 4.78 is 5.21. The first-order valence-corrected chi connectivity index (χ1v) is 7.42. The minimum absolute atomic E-state index is 0.679. The van der Waals surface area contributed by atoms with Gasteiger partial charge in [0.05, 0.1) is 0 Å². The van der Waals surface area contributed by atoms with Crippen molar-refractivity contribution in [3.05, 3.63) is 35.4 Å². The average molecular weight is 263 g/mol. The van der Waals surface area contributed by atoms with Crippen LogP contribution in [0.5, 0.6) is 0 Å². The predicted octanol–water partition coefficient (Wildman–Crippen LogP) is 3.44. The molecule has 19 heavy (non-hydrogen) atoms. The molecular weight excluding hydrogens is 234 g/mol. The smallest absolute Gasteiger partial charge is 0.0464 e. The number of nitrogens with one attached hydrogen (secondary N) is 1. The lowest BCUT2D eigenvalue weighted by atomic mass is 9.86. The van der Waals surface area contributed by atoms with Gasteiger partial charge in [0, 0.05) is 13.7 Å². The van der Waals surface area contributed by atoms with Gasteiger partial charge in [0.2, 0.25) is 0 Å². The summed E-state index contributed by atoms with van der Waals surface area (Å²) in [6, 6.07) is 8.94. The number of hydrogen-bond acceptors (Lipinski definition) is 2. The molecule has 1 rings (SSSR count). The van der Waals surface area contributed by atoms with Crippen molar-refractivity contribution in [1.82, 2.24) is 5.32 Å². The summed E-state index contributed by atoms with van der Waals surface area (Å²) in [6.45, 7) is 9.65. The number of rotatable bonds is 9. The Balaban J connectivity index is 2.59. The highest BCUT2D eigenvalue weighted by atomic mass is 16.5. The summed E-state index contributed by atoms with van der Waals surface area (Å²) in [5.74, 6) is 1.36. The lowest BCUT2D eigenvalue weighted by molar-refractivity contribution is 0.164. The van der Waals surface area contributed by atoms with Gasteiger partial charge in [-0.25, -0.2) is 0 Å². The molecule has 108 valence electrons. The summed E-state index contributed by atoms with van der Waals surface area (Å²) in [5.41, 5.74) is 2.78. The van der Waals surface area contributed by atoms with E-state index >= 15 is 0 Å². The van der Waals surface area contributed by atoms with Crippen LogP contribution in [0, 0.1) is 18.8 Å². The van der Waals surface area contributed by atoms with Crippen LogP contribution >= 0.6 is 0 Å². The van der Waals surface area contributed by atoms with E-state index in [1.165, 1.54) is 11.1 Å². The topological polar surface area (TPSA) is 21.3 Å². The minimum atomic E-state index is 0.679. The molecule has 0 bridgehead atoms. The number of benzene rings is 1. The second-order valence-corrected chi connectivity index (χ2v) is 5.52. The van der Waals surface area contributed by atoms with Crippen molar-refractivity contribution in [1.29, 1.82) is 0 Å². The van der Waals surface area contributed by atoms with E-state index in [4.69, 9.17) is 4.74 Å². The Morgan fingerprint density at radius 2 is 1.89 bits per heavy atom. The molecule has 0 aliphatic carbocycles. The Morgan fingerprint density at radius 1 is 1.21 bits per heavy atom. The van der Waals surface area contributed by atoms with E-state index in [9.17, 15) is 0 Å². The first-order valence-electron chi connectivity index (χ1n) is 7.42. The third kappa shape index (κ3) is 6.22. The molecule has 0 aliphatic heterocycles. The Hall–Kier alpha value is -0.860. The maximum absolute atomic E-state index is 5.21. The molecular formula is C17H29NO. The van der Waals surface area contributed by atoms with Gasteiger partial charge in [-0.1, -0.05) is 43.7 Å². The lowest BCUT2D eigenvalue weighted by Gasteiger charge is -2.24. The number of aryl methyl sites for hydroxylation is 1. The zero-order valence-corrected chi connectivity index (χ0v) is 12.9. The van der Waals surface area contributed by atoms with Crippen LogP contribution in [0.1, 0.15) is 31.4 Å². The SMILES string of the molecule is CCNCC(Cc1ccc(C)cc1)C(C)CCOC. The molecule has 1 N–H and O–H groups in total. The molecule has 0 amide bonds. The first-order chi connectivity index (χ1) is 9.17. The molecule has 1 aromatic carbocycles. The largest absolute Gasteiger partial charge is 0.385 e. The van der Waals surface area contributed by atoms with E-state index in [-0.39, 0.29) is 0 Å². The van der Waals surface area contributed by atoms with Crippen LogP contribution in [0.2, 0.25) is 0 Å². The Labute approximate surface area is 118 Å². The van der Waals surface area contributed by atoms with Crippen LogP contribution in [-0.4, -0.2) is 26.8 Å². The van der Waals surface area contributed by atoms with Gasteiger partial charge in [0.1, 0.15) is 0 Å². The van der Waals surface area contributed by atoms with E-state index in [1.807, 2.05) is 0 Å². The number of ether oxygens (including phenoxy) is 1. The van der Waals surface area contributed by atoms with E-state index in [0.29, 0.717) is 11.8 Å². The minimum Gasteiger partial charge on any atom is -0.385 e. The van der Waals surface area contributed by atoms with Crippen LogP contribution in [0.3, 0.4) is 0 Å². The van der Waals surface area contributed by atoms with E-state index in [2.05, 4.69) is 50.4 Å². The maximum Gasteiger partial charge on any atom is 0.0464 e. The fraction of sp³-hybridized carbons (Fsp3) is 0.647. The molecule has 0 spiro atoms. The van der Waals surface area contributed by atoms with Crippen molar-refractivity contribution >= 4 is 0 Å². The summed E-state index contributed by atoms with van der Waals surface area (Å²) >= 11 is 0. The standard InChI is InChI=1S/C17H29NO/c1-5-18-13-17(15(3)10-11-19-4)12-16-8-6-14(2)7-9-16/h6-9,15,17-18H,5,10-13H2,1-4H3. The molecule has 0 saturated carbocycles. The van der Waals surface area contributed by atoms with Crippen LogP contribution in [-0.2, 0) is 11.2 Å². The van der Waals surface area contributed by atoms with Crippen LogP contribution in [0.4, 0.5) is 0 Å². The Morgan fingerprint density at radius 3 is 2.47 bits per heavy atom. The summed E-state index contributed by atoms with van der Waals surface area (Å²) in [6.07, 6.45) is 2.29. The van der Waals surface area contributed by atoms with Crippen molar-refractivity contribution in [3.63, 3.8) is 0 Å². The van der Waals surface area contributed by atoms with Crippen molar-refractivity contribution in [2.24, 2.45) is 11.8 Å². The molecule has 0 heterocycles. The van der Waals surface area contributed by atoms with Gasteiger partial charge < -0.3 is 10.1 Å². The summed E-state index contributed by atoms with van der Waals surface area (Å²) in [7, 11) is 1.78. The van der Waals surface area contributed by atoms with Gasteiger partial charge in [-0.3, -0.25) is 0 Å². The molecule has 1 aromatic rings. The van der Waals surface area contributed by atoms with Gasteiger partial charge in [-0.2, -0.15) is 0 Å². The fourth-order valence-corrected chi connectivity index (χ4v) is 2.37. The fourth-order valence-electron chi connectivity index (χ4n) is 2.37. The molecule has 2 atom stereocenters. The zero-order valence-electron chi connectivity index (χ0n) is 12.9. The third-order valence-corrected chi connectivity index (χ3v) is 3.86. The highest BCUT2D eigenvalue weighted by Crippen LogP contribution is 2.20. The van der Waals surface area contributed by atoms with Crippen LogP contribution < -0.4 is 5.32 Å². The van der Waals surface area contributed by atoms with Crippen molar-refractivity contribution in [3.8, 4) is 0 Å². The summed E-state index contributed by atoms with van der Waals surface area (Å²) in [5, 5.41) is 3.50. The third-order valence-electron chi connectivity index (χ3n) is 3.86. The van der Waals surface area contributed by atoms with Crippen molar-refractivity contribution in [2.45, 2.75) is 33.6 Å². The maximum atomic E-state index is 5.21. The predicted molar refractivity (Wildman–Crippen MR) is 82.6 cm³/mol. The second-order valence-electron chi connectivity index (χ2n) is 5.52. The first kappa shape index (κ1) is 16.2. The second kappa shape index (κ2) is 9.11. The van der Waals surface area contributed by atoms with E-state index in [0.717, 1.165) is 32.5 Å². The van der Waals surface area contributed by atoms with Gasteiger partial charge >= 0.3 is 0 Å². The quantitative estimate of drug-likeness (QED) is 0.737. The van der Waals surface area contributed by atoms with Crippen LogP contribution in [0.25, 0.3) is 0 Å². The Bertz CT molecular complexity index is 334. The Kier molecular flexibility index (Phi) is 7.76. The molecule has 0 fully saturated rings. The van der Waals surface area contributed by atoms with Gasteiger partial charge in [-0.05, 0) is 50.3 Å². The average Bonchev–Trinajstić information content (AvgIpc) is 2.42. The monoisotopic (exact) mass is 263 g/mol. The number of hydrogen-bond donors (Lipinski definition) is 1. The van der Waals surface area contributed by atoms with Crippen LogP contribution in [0.15, 0.2) is 24.3 Å².